The zero-order chi connectivity index (χ0) is 13.8. The number of carbonyl (C=O) groups is 2. The van der Waals surface area contributed by atoms with E-state index in [-0.39, 0.29) is 19.2 Å². The molecule has 1 aliphatic rings. The fourth-order valence-corrected chi connectivity index (χ4v) is 1.82. The zero-order valence-corrected chi connectivity index (χ0v) is 10.6. The van der Waals surface area contributed by atoms with Crippen LogP contribution in [0, 0.1) is 0 Å². The van der Waals surface area contributed by atoms with E-state index in [1.807, 2.05) is 0 Å². The number of carbonyl (C=O) groups excluding carboxylic acids is 1. The predicted molar refractivity (Wildman–Crippen MR) is 64.4 cm³/mol. The molecule has 19 heavy (non-hydrogen) atoms. The van der Waals surface area contributed by atoms with Crippen molar-refractivity contribution in [3.05, 3.63) is 18.0 Å². The maximum absolute atomic E-state index is 11.9. The van der Waals surface area contributed by atoms with Gasteiger partial charge in [0.15, 0.2) is 6.10 Å². The second-order valence-corrected chi connectivity index (χ2v) is 4.28. The van der Waals surface area contributed by atoms with Gasteiger partial charge in [-0.3, -0.25) is 4.68 Å². The van der Waals surface area contributed by atoms with Crippen LogP contribution in [0.15, 0.2) is 12.3 Å². The fraction of sp³-hybridized carbons (Fsp3) is 0.545. The van der Waals surface area contributed by atoms with Crippen LogP contribution in [0.2, 0.25) is 0 Å². The normalized spacial score (nSPS) is 19.2. The highest BCUT2D eigenvalue weighted by molar-refractivity contribution is 5.77. The molecule has 1 unspecified atom stereocenters. The molecule has 0 aromatic carbocycles. The first-order chi connectivity index (χ1) is 9.06. The molecule has 2 heterocycles. The van der Waals surface area contributed by atoms with E-state index in [9.17, 15) is 9.59 Å². The minimum atomic E-state index is -1.05. The number of aliphatic carboxylic acids is 1. The summed E-state index contributed by atoms with van der Waals surface area (Å²) in [5.41, 5.74) is 0.749. The van der Waals surface area contributed by atoms with Gasteiger partial charge in [-0.05, 0) is 6.07 Å². The lowest BCUT2D eigenvalue weighted by molar-refractivity contribution is -0.154. The first kappa shape index (κ1) is 13.3. The first-order valence-corrected chi connectivity index (χ1v) is 5.92. The number of carboxylic acids is 1. The average molecular weight is 268 g/mol. The van der Waals surface area contributed by atoms with Crippen molar-refractivity contribution in [2.75, 3.05) is 19.7 Å². The SMILES string of the molecule is Cn1ccc(CNC(=O)N2CCOC(C(=O)O)C2)n1. The molecule has 2 amide bonds. The lowest BCUT2D eigenvalue weighted by atomic mass is 10.3. The van der Waals surface area contributed by atoms with E-state index in [0.29, 0.717) is 13.1 Å². The Bertz CT molecular complexity index is 473. The highest BCUT2D eigenvalue weighted by Crippen LogP contribution is 2.06. The molecule has 1 atom stereocenters. The van der Waals surface area contributed by atoms with Crippen LogP contribution in [0.5, 0.6) is 0 Å². The van der Waals surface area contributed by atoms with E-state index in [1.54, 1.807) is 24.0 Å². The van der Waals surface area contributed by atoms with Gasteiger partial charge in [-0.25, -0.2) is 9.59 Å². The van der Waals surface area contributed by atoms with Crippen molar-refractivity contribution in [3.63, 3.8) is 0 Å². The number of hydrogen-bond acceptors (Lipinski definition) is 4. The lowest BCUT2D eigenvalue weighted by Crippen LogP contribution is -2.51. The highest BCUT2D eigenvalue weighted by Gasteiger charge is 2.28. The molecule has 8 heteroatoms. The van der Waals surface area contributed by atoms with Crippen molar-refractivity contribution in [2.45, 2.75) is 12.6 Å². The zero-order valence-electron chi connectivity index (χ0n) is 10.6. The van der Waals surface area contributed by atoms with E-state index in [1.165, 1.54) is 4.90 Å². The summed E-state index contributed by atoms with van der Waals surface area (Å²) < 4.78 is 6.70. The molecular formula is C11H16N4O4. The van der Waals surface area contributed by atoms with Crippen LogP contribution in [0.25, 0.3) is 0 Å². The predicted octanol–water partition coefficient (Wildman–Crippen LogP) is -0.585. The quantitative estimate of drug-likeness (QED) is 0.764. The second kappa shape index (κ2) is 5.70. The number of ether oxygens (including phenoxy) is 1. The Balaban J connectivity index is 1.84. The van der Waals surface area contributed by atoms with Gasteiger partial charge >= 0.3 is 12.0 Å². The van der Waals surface area contributed by atoms with Gasteiger partial charge in [0.2, 0.25) is 0 Å². The van der Waals surface area contributed by atoms with Gasteiger partial charge < -0.3 is 20.1 Å². The molecule has 104 valence electrons. The molecule has 2 rings (SSSR count). The largest absolute Gasteiger partial charge is 0.479 e. The third kappa shape index (κ3) is 3.44. The van der Waals surface area contributed by atoms with Gasteiger partial charge in [-0.15, -0.1) is 0 Å². The molecule has 8 nitrogen and oxygen atoms in total. The third-order valence-corrected chi connectivity index (χ3v) is 2.82. The van der Waals surface area contributed by atoms with Gasteiger partial charge in [0.25, 0.3) is 0 Å². The molecule has 0 saturated carbocycles. The summed E-state index contributed by atoms with van der Waals surface area (Å²) in [6, 6.07) is 1.50. The molecule has 1 aromatic heterocycles. The molecular weight excluding hydrogens is 252 g/mol. The Labute approximate surface area is 109 Å². The standard InChI is InChI=1S/C11H16N4O4/c1-14-3-2-8(13-14)6-12-11(18)15-4-5-19-9(7-15)10(16)17/h2-3,9H,4-7H2,1H3,(H,12,18)(H,16,17). The molecule has 2 N–H and O–H groups in total. The first-order valence-electron chi connectivity index (χ1n) is 5.92. The summed E-state index contributed by atoms with van der Waals surface area (Å²) >= 11 is 0. The summed E-state index contributed by atoms with van der Waals surface area (Å²) in [5.74, 6) is -1.05. The van der Waals surface area contributed by atoms with Crippen LogP contribution < -0.4 is 5.32 Å². The van der Waals surface area contributed by atoms with Crippen LogP contribution in [-0.4, -0.2) is 57.6 Å². The maximum Gasteiger partial charge on any atom is 0.334 e. The van der Waals surface area contributed by atoms with Crippen LogP contribution in [0.1, 0.15) is 5.69 Å². The van der Waals surface area contributed by atoms with Crippen LogP contribution in [0.4, 0.5) is 4.79 Å². The number of nitrogens with one attached hydrogen (secondary N) is 1. The lowest BCUT2D eigenvalue weighted by Gasteiger charge is -2.30. The monoisotopic (exact) mass is 268 g/mol. The summed E-state index contributed by atoms with van der Waals surface area (Å²) in [7, 11) is 1.80. The molecule has 1 saturated heterocycles. The van der Waals surface area contributed by atoms with Gasteiger partial charge in [0, 0.05) is 19.8 Å². The Morgan fingerprint density at radius 3 is 3.05 bits per heavy atom. The van der Waals surface area contributed by atoms with E-state index in [2.05, 4.69) is 10.4 Å². The minimum Gasteiger partial charge on any atom is -0.479 e. The highest BCUT2D eigenvalue weighted by atomic mass is 16.5. The number of carboxylic acid groups (broad SMARTS) is 1. The summed E-state index contributed by atoms with van der Waals surface area (Å²) in [5, 5.41) is 15.7. The maximum atomic E-state index is 11.9. The Hall–Kier alpha value is -2.09. The Morgan fingerprint density at radius 2 is 2.42 bits per heavy atom. The molecule has 0 radical (unpaired) electrons. The summed E-state index contributed by atoms with van der Waals surface area (Å²) in [4.78, 5) is 24.1. The van der Waals surface area contributed by atoms with Crippen molar-refractivity contribution in [2.24, 2.45) is 7.05 Å². The third-order valence-electron chi connectivity index (χ3n) is 2.82. The number of morpholine rings is 1. The van der Waals surface area contributed by atoms with Gasteiger partial charge in [0.05, 0.1) is 25.4 Å². The van der Waals surface area contributed by atoms with Gasteiger partial charge in [0.1, 0.15) is 0 Å². The van der Waals surface area contributed by atoms with Crippen LogP contribution >= 0.6 is 0 Å². The summed E-state index contributed by atoms with van der Waals surface area (Å²) in [6.45, 7) is 0.990. The molecule has 0 aliphatic carbocycles. The summed E-state index contributed by atoms with van der Waals surface area (Å²) in [6.07, 6.45) is 0.839. The van der Waals surface area contributed by atoms with Crippen molar-refractivity contribution in [3.8, 4) is 0 Å². The number of rotatable bonds is 3. The molecule has 1 aromatic rings. The van der Waals surface area contributed by atoms with Crippen LogP contribution in [0.3, 0.4) is 0 Å². The molecule has 0 bridgehead atoms. The fourth-order valence-electron chi connectivity index (χ4n) is 1.82. The Kier molecular flexibility index (Phi) is 4.00. The van der Waals surface area contributed by atoms with E-state index in [0.717, 1.165) is 5.69 Å². The van der Waals surface area contributed by atoms with Crippen molar-refractivity contribution in [1.82, 2.24) is 20.0 Å². The number of aromatic nitrogens is 2. The van der Waals surface area contributed by atoms with Gasteiger partial charge in [-0.2, -0.15) is 5.10 Å². The topological polar surface area (TPSA) is 96.7 Å². The number of urea groups is 1. The molecule has 1 fully saturated rings. The number of amides is 2. The van der Waals surface area contributed by atoms with Crippen molar-refractivity contribution < 1.29 is 19.4 Å². The Morgan fingerprint density at radius 1 is 1.63 bits per heavy atom. The molecule has 1 aliphatic heterocycles. The van der Waals surface area contributed by atoms with Crippen LogP contribution in [-0.2, 0) is 23.1 Å². The molecule has 0 spiro atoms. The smallest absolute Gasteiger partial charge is 0.334 e. The second-order valence-electron chi connectivity index (χ2n) is 4.28. The van der Waals surface area contributed by atoms with Crippen molar-refractivity contribution in [1.29, 1.82) is 0 Å². The number of nitrogens with zero attached hydrogens (tertiary/aromatic N) is 3. The van der Waals surface area contributed by atoms with E-state index < -0.39 is 12.1 Å². The van der Waals surface area contributed by atoms with Crippen molar-refractivity contribution >= 4 is 12.0 Å². The number of aryl methyl sites for hydroxylation is 1. The number of hydrogen-bond donors (Lipinski definition) is 2. The van der Waals surface area contributed by atoms with E-state index in [4.69, 9.17) is 9.84 Å². The van der Waals surface area contributed by atoms with E-state index >= 15 is 0 Å². The average Bonchev–Trinajstić information content (AvgIpc) is 2.82. The van der Waals surface area contributed by atoms with Gasteiger partial charge in [-0.1, -0.05) is 0 Å². The minimum absolute atomic E-state index is 0.0589.